The van der Waals surface area contributed by atoms with Crippen LogP contribution in [0.5, 0.6) is 0 Å². The number of aliphatic hydroxyl groups is 2. The summed E-state index contributed by atoms with van der Waals surface area (Å²) in [6.07, 6.45) is 86.2. The van der Waals surface area contributed by atoms with Gasteiger partial charge in [0.05, 0.1) is 18.8 Å². The van der Waals surface area contributed by atoms with Gasteiger partial charge < -0.3 is 15.5 Å². The van der Waals surface area contributed by atoms with Crippen molar-refractivity contribution in [3.63, 3.8) is 0 Å². The molecule has 0 saturated heterocycles. The van der Waals surface area contributed by atoms with E-state index >= 15 is 0 Å². The Kier molecular flexibility index (Phi) is 48.6. The van der Waals surface area contributed by atoms with Gasteiger partial charge in [-0.15, -0.1) is 0 Å². The Morgan fingerprint density at radius 3 is 1.11 bits per heavy atom. The lowest BCUT2D eigenvalue weighted by atomic mass is 10.1. The van der Waals surface area contributed by atoms with Gasteiger partial charge in [0.2, 0.25) is 5.91 Å². The zero-order chi connectivity index (χ0) is 45.6. The molecule has 0 aliphatic rings. The van der Waals surface area contributed by atoms with Crippen LogP contribution >= 0.6 is 0 Å². The highest BCUT2D eigenvalue weighted by Crippen LogP contribution is 2.09. The van der Waals surface area contributed by atoms with Crippen molar-refractivity contribution < 1.29 is 15.0 Å². The molecular weight excluding hydrogens is 771 g/mol. The van der Waals surface area contributed by atoms with Gasteiger partial charge in [0, 0.05) is 6.42 Å². The molecule has 0 heterocycles. The van der Waals surface area contributed by atoms with Crippen molar-refractivity contribution in [1.29, 1.82) is 0 Å². The third-order valence-corrected chi connectivity index (χ3v) is 9.93. The van der Waals surface area contributed by atoms with Crippen molar-refractivity contribution in [2.75, 3.05) is 6.61 Å². The average molecular weight is 862 g/mol. The Labute approximate surface area is 388 Å². The topological polar surface area (TPSA) is 69.6 Å². The first-order chi connectivity index (χ1) is 31.2. The summed E-state index contributed by atoms with van der Waals surface area (Å²) in [4.78, 5) is 12.4. The van der Waals surface area contributed by atoms with Gasteiger partial charge in [-0.3, -0.25) is 4.79 Å². The van der Waals surface area contributed by atoms with Crippen molar-refractivity contribution in [1.82, 2.24) is 5.32 Å². The van der Waals surface area contributed by atoms with Gasteiger partial charge in [-0.25, -0.2) is 0 Å². The highest BCUT2D eigenvalue weighted by molar-refractivity contribution is 5.76. The minimum Gasteiger partial charge on any atom is -0.394 e. The second-order valence-corrected chi connectivity index (χ2v) is 15.8. The molecule has 0 fully saturated rings. The zero-order valence-electron chi connectivity index (χ0n) is 40.0. The van der Waals surface area contributed by atoms with E-state index in [1.54, 1.807) is 6.08 Å². The molecule has 350 valence electrons. The van der Waals surface area contributed by atoms with Gasteiger partial charge in [-0.2, -0.15) is 0 Å². The number of amides is 1. The van der Waals surface area contributed by atoms with Crippen LogP contribution in [0.4, 0.5) is 0 Å². The van der Waals surface area contributed by atoms with Crippen LogP contribution in [0.25, 0.3) is 0 Å². The summed E-state index contributed by atoms with van der Waals surface area (Å²) in [6.45, 7) is 4.12. The van der Waals surface area contributed by atoms with Crippen molar-refractivity contribution in [3.05, 3.63) is 170 Å². The minimum atomic E-state index is -0.892. The number of carbonyl (C=O) groups excluding carboxylic acids is 1. The summed E-state index contributed by atoms with van der Waals surface area (Å²) in [6, 6.07) is -0.674. The Hall–Kier alpha value is -4.25. The van der Waals surface area contributed by atoms with E-state index in [0.717, 1.165) is 116 Å². The number of carbonyl (C=O) groups is 1. The molecule has 0 rings (SSSR count). The first-order valence-electron chi connectivity index (χ1n) is 24.8. The standard InChI is InChI=1S/C59H91NO3/c1-3-5-7-9-11-13-15-17-18-19-20-21-22-23-24-25-26-27-28-29-30-31-32-33-34-35-36-37-38-39-40-41-42-43-45-47-49-51-53-55-59(63)60-57(56-61)58(62)54-52-50-48-46-44-16-14-12-10-8-6-4-2/h5,7,11,13,17-18,20-21,23-24,26-27,29-30,32-33,35-36,38-39,41-42,44-47,52,54,57-58,61-62H,3-4,6,8-10,12,14-16,19,22,25,28,31,34,37,40,43,48-51,53,55-56H2,1-2H3,(H,60,63)/b7-5-,13-11-,18-17-,21-20-,24-23-,27-26-,30-29-,33-32-,36-35-,39-38-,42-41-,46-44+,47-45-,54-52+. The molecule has 2 unspecified atom stereocenters. The quantitative estimate of drug-likeness (QED) is 0.0423. The summed E-state index contributed by atoms with van der Waals surface area (Å²) in [5.41, 5.74) is 0. The van der Waals surface area contributed by atoms with Crippen LogP contribution in [0.1, 0.15) is 174 Å². The van der Waals surface area contributed by atoms with Crippen LogP contribution in [-0.4, -0.2) is 34.9 Å². The maximum absolute atomic E-state index is 12.4. The van der Waals surface area contributed by atoms with Crippen molar-refractivity contribution in [2.45, 2.75) is 187 Å². The Balaban J connectivity index is 3.79. The van der Waals surface area contributed by atoms with Crippen LogP contribution in [-0.2, 0) is 4.79 Å². The smallest absolute Gasteiger partial charge is 0.220 e. The number of hydrogen-bond donors (Lipinski definition) is 3. The third kappa shape index (κ3) is 48.6. The second-order valence-electron chi connectivity index (χ2n) is 15.8. The number of nitrogens with one attached hydrogen (secondary N) is 1. The molecule has 0 aromatic carbocycles. The van der Waals surface area contributed by atoms with Crippen molar-refractivity contribution in [3.8, 4) is 0 Å². The molecule has 4 heteroatoms. The number of allylic oxidation sites excluding steroid dienone is 27. The minimum absolute atomic E-state index is 0.126. The van der Waals surface area contributed by atoms with Crippen LogP contribution in [0.3, 0.4) is 0 Å². The zero-order valence-corrected chi connectivity index (χ0v) is 40.0. The van der Waals surface area contributed by atoms with Crippen LogP contribution in [0, 0.1) is 0 Å². The predicted molar refractivity (Wildman–Crippen MR) is 280 cm³/mol. The number of rotatable bonds is 42. The van der Waals surface area contributed by atoms with E-state index in [1.165, 1.54) is 38.5 Å². The number of aliphatic hydroxyl groups excluding tert-OH is 2. The van der Waals surface area contributed by atoms with E-state index in [1.807, 2.05) is 6.08 Å². The van der Waals surface area contributed by atoms with E-state index in [4.69, 9.17) is 0 Å². The first-order valence-corrected chi connectivity index (χ1v) is 24.8. The maximum atomic E-state index is 12.4. The molecule has 1 amide bonds. The fraction of sp³-hybridized carbons (Fsp3) is 0.508. The van der Waals surface area contributed by atoms with E-state index in [0.29, 0.717) is 6.42 Å². The predicted octanol–water partition coefficient (Wildman–Crippen LogP) is 16.4. The Morgan fingerprint density at radius 1 is 0.397 bits per heavy atom. The summed E-state index contributed by atoms with van der Waals surface area (Å²) in [5, 5.41) is 22.9. The van der Waals surface area contributed by atoms with Gasteiger partial charge in [-0.05, 0) is 122 Å². The fourth-order valence-corrected chi connectivity index (χ4v) is 6.17. The highest BCUT2D eigenvalue weighted by atomic mass is 16.3. The molecule has 0 aromatic rings. The molecule has 0 radical (unpaired) electrons. The molecule has 0 saturated carbocycles. The second kappa shape index (κ2) is 52.1. The molecule has 3 N–H and O–H groups in total. The van der Waals surface area contributed by atoms with Crippen molar-refractivity contribution >= 4 is 5.91 Å². The lowest BCUT2D eigenvalue weighted by Crippen LogP contribution is -2.45. The lowest BCUT2D eigenvalue weighted by Gasteiger charge is -2.19. The molecule has 0 aliphatic carbocycles. The average Bonchev–Trinajstić information content (AvgIpc) is 3.29. The molecular formula is C59H91NO3. The molecule has 0 aromatic heterocycles. The lowest BCUT2D eigenvalue weighted by molar-refractivity contribution is -0.123. The number of hydrogen-bond acceptors (Lipinski definition) is 3. The molecule has 0 spiro atoms. The van der Waals surface area contributed by atoms with E-state index in [-0.39, 0.29) is 12.5 Å². The highest BCUT2D eigenvalue weighted by Gasteiger charge is 2.17. The summed E-state index contributed by atoms with van der Waals surface area (Å²) >= 11 is 0. The van der Waals surface area contributed by atoms with Gasteiger partial charge in [0.25, 0.3) is 0 Å². The van der Waals surface area contributed by atoms with Gasteiger partial charge >= 0.3 is 0 Å². The van der Waals surface area contributed by atoms with Gasteiger partial charge in [-0.1, -0.05) is 216 Å². The summed E-state index contributed by atoms with van der Waals surface area (Å²) in [7, 11) is 0. The van der Waals surface area contributed by atoms with Crippen LogP contribution in [0.15, 0.2) is 170 Å². The van der Waals surface area contributed by atoms with Crippen molar-refractivity contribution in [2.24, 2.45) is 0 Å². The molecule has 2 atom stereocenters. The van der Waals surface area contributed by atoms with E-state index in [2.05, 4.69) is 177 Å². The maximum Gasteiger partial charge on any atom is 0.220 e. The van der Waals surface area contributed by atoms with E-state index in [9.17, 15) is 15.0 Å². The Morgan fingerprint density at radius 2 is 0.714 bits per heavy atom. The Bertz CT molecular complexity index is 1440. The molecule has 63 heavy (non-hydrogen) atoms. The molecule has 0 aliphatic heterocycles. The monoisotopic (exact) mass is 862 g/mol. The summed E-state index contributed by atoms with van der Waals surface area (Å²) < 4.78 is 0. The van der Waals surface area contributed by atoms with Crippen LogP contribution in [0.2, 0.25) is 0 Å². The molecule has 4 nitrogen and oxygen atoms in total. The molecule has 0 bridgehead atoms. The fourth-order valence-electron chi connectivity index (χ4n) is 6.17. The normalized spacial score (nSPS) is 14.4. The first kappa shape index (κ1) is 58.8. The van der Waals surface area contributed by atoms with Crippen LogP contribution < -0.4 is 5.32 Å². The summed E-state index contributed by atoms with van der Waals surface area (Å²) in [5.74, 6) is -0.126. The SMILES string of the molecule is CC/C=C\C/C=C\C/C=C\C/C=C\C/C=C\C/C=C\C/C=C\C/C=C\C/C=C\C/C=C\C/C=C\C/C=C\CCCCC(=O)NC(CO)C(O)/C=C/CC/C=C/CCCCCCCC. The largest absolute Gasteiger partial charge is 0.394 e. The third-order valence-electron chi connectivity index (χ3n) is 9.93. The van der Waals surface area contributed by atoms with Gasteiger partial charge in [0.15, 0.2) is 0 Å². The van der Waals surface area contributed by atoms with E-state index < -0.39 is 12.1 Å². The van der Waals surface area contributed by atoms with Gasteiger partial charge in [0.1, 0.15) is 0 Å². The number of unbranched alkanes of at least 4 members (excludes halogenated alkanes) is 9.